The van der Waals surface area contributed by atoms with Gasteiger partial charge in [-0.05, 0) is 106 Å². The fraction of sp³-hybridized carbons (Fsp3) is 0.433. The summed E-state index contributed by atoms with van der Waals surface area (Å²) in [6.45, 7) is 6.57. The van der Waals surface area contributed by atoms with Crippen molar-refractivity contribution in [3.05, 3.63) is 76.6 Å². The molecule has 1 heterocycles. The first kappa shape index (κ1) is 22.3. The fourth-order valence-corrected chi connectivity index (χ4v) is 7.34. The molecule has 5 nitrogen and oxygen atoms in total. The predicted molar refractivity (Wildman–Crippen MR) is 141 cm³/mol. The van der Waals surface area contributed by atoms with Gasteiger partial charge in [-0.3, -0.25) is 0 Å². The number of fused-ring (bicyclic) bond motifs is 5. The lowest BCUT2D eigenvalue weighted by Crippen LogP contribution is -2.42. The molecule has 0 aliphatic heterocycles. The van der Waals surface area contributed by atoms with Gasteiger partial charge in [-0.15, -0.1) is 0 Å². The molecule has 2 aromatic carbocycles. The van der Waals surface area contributed by atoms with Crippen LogP contribution in [0, 0.1) is 31.1 Å². The first-order chi connectivity index (χ1) is 17.0. The molecule has 1 N–H and O–H groups in total. The van der Waals surface area contributed by atoms with Crippen molar-refractivity contribution < 1.29 is 5.11 Å². The summed E-state index contributed by atoms with van der Waals surface area (Å²) in [5.41, 5.74) is 8.42. The highest BCUT2D eigenvalue weighted by atomic mass is 16.3. The fourth-order valence-electron chi connectivity index (χ4n) is 7.34. The Balaban J connectivity index is 1.24. The van der Waals surface area contributed by atoms with Crippen LogP contribution < -0.4 is 0 Å². The third kappa shape index (κ3) is 3.64. The summed E-state index contributed by atoms with van der Waals surface area (Å²) in [5.74, 6) is 2.39. The number of phenols is 1. The molecular formula is C30H34N4O. The molecule has 0 unspecified atom stereocenters. The van der Waals surface area contributed by atoms with Gasteiger partial charge in [0.2, 0.25) is 0 Å². The third-order valence-corrected chi connectivity index (χ3v) is 9.16. The number of benzene rings is 2. The summed E-state index contributed by atoms with van der Waals surface area (Å²) in [7, 11) is 0. The van der Waals surface area contributed by atoms with E-state index in [1.807, 2.05) is 48.2 Å². The Morgan fingerprint density at radius 1 is 1.06 bits per heavy atom. The van der Waals surface area contributed by atoms with Gasteiger partial charge >= 0.3 is 0 Å². The molecule has 3 aliphatic rings. The number of rotatable bonds is 3. The summed E-state index contributed by atoms with van der Waals surface area (Å²) in [4.78, 5) is 0. The zero-order chi connectivity index (χ0) is 24.2. The minimum Gasteiger partial charge on any atom is -0.508 e. The number of hydrogen-bond donors (Lipinski definition) is 1. The van der Waals surface area contributed by atoms with Crippen LogP contribution in [0.5, 0.6) is 5.75 Å². The van der Waals surface area contributed by atoms with Crippen LogP contribution in [-0.4, -0.2) is 26.8 Å². The minimum absolute atomic E-state index is 0.144. The van der Waals surface area contributed by atoms with E-state index >= 15 is 0 Å². The highest BCUT2D eigenvalue weighted by Gasteiger charge is 2.53. The van der Waals surface area contributed by atoms with Gasteiger partial charge in [0.1, 0.15) is 5.75 Å². The number of aryl methyl sites for hydroxylation is 2. The van der Waals surface area contributed by atoms with Gasteiger partial charge in [0.15, 0.2) is 0 Å². The van der Waals surface area contributed by atoms with Gasteiger partial charge in [-0.1, -0.05) is 31.2 Å². The van der Waals surface area contributed by atoms with Crippen molar-refractivity contribution in [1.29, 1.82) is 0 Å². The zero-order valence-electron chi connectivity index (χ0n) is 20.9. The van der Waals surface area contributed by atoms with Crippen molar-refractivity contribution >= 4 is 11.9 Å². The van der Waals surface area contributed by atoms with Crippen LogP contribution in [0.2, 0.25) is 0 Å². The van der Waals surface area contributed by atoms with Crippen LogP contribution in [-0.2, 0) is 6.42 Å². The molecular weight excluding hydrogens is 432 g/mol. The van der Waals surface area contributed by atoms with Gasteiger partial charge < -0.3 is 5.11 Å². The van der Waals surface area contributed by atoms with E-state index in [1.165, 1.54) is 36.1 Å². The highest BCUT2D eigenvalue weighted by molar-refractivity contribution is 5.93. The quantitative estimate of drug-likeness (QED) is 0.352. The van der Waals surface area contributed by atoms with E-state index in [-0.39, 0.29) is 5.41 Å². The first-order valence-electron chi connectivity index (χ1n) is 13.0. The molecule has 2 saturated carbocycles. The van der Waals surface area contributed by atoms with Gasteiger partial charge in [0.05, 0.1) is 23.3 Å². The van der Waals surface area contributed by atoms with E-state index in [0.717, 1.165) is 41.9 Å². The van der Waals surface area contributed by atoms with E-state index in [0.29, 0.717) is 23.5 Å². The zero-order valence-corrected chi connectivity index (χ0v) is 20.9. The van der Waals surface area contributed by atoms with E-state index < -0.39 is 0 Å². The summed E-state index contributed by atoms with van der Waals surface area (Å²) in [5, 5.41) is 24.1. The maximum Gasteiger partial charge on any atom is 0.115 e. The molecule has 4 atom stereocenters. The normalized spacial score (nSPS) is 28.8. The standard InChI is InChI=1S/C30H34N4O/c1-19-27(20(2)34(33-19)22-7-5-4-6-8-22)18-31-32-29-14-13-28-26-11-9-21-17-23(35)10-12-24(21)25(26)15-16-30(28,29)3/h4-8,10,12,17-18,25-26,28,35H,9,11,13-16H2,1-3H3/b31-18+,32-29+/t25-,26-,28+,30+/m1/s1. The number of nitrogens with zero attached hydrogens (tertiary/aromatic N) is 4. The molecule has 1 aromatic heterocycles. The average molecular weight is 467 g/mol. The van der Waals surface area contributed by atoms with Crippen LogP contribution in [0.1, 0.15) is 73.0 Å². The Labute approximate surface area is 207 Å². The van der Waals surface area contributed by atoms with Gasteiger partial charge in [0, 0.05) is 16.7 Å². The summed E-state index contributed by atoms with van der Waals surface area (Å²) >= 11 is 0. The van der Waals surface area contributed by atoms with Gasteiger partial charge in [-0.25, -0.2) is 4.68 Å². The van der Waals surface area contributed by atoms with Crippen LogP contribution in [0.3, 0.4) is 0 Å². The van der Waals surface area contributed by atoms with E-state index in [4.69, 9.17) is 10.2 Å². The second kappa shape index (κ2) is 8.47. The summed E-state index contributed by atoms with van der Waals surface area (Å²) in [6.07, 6.45) is 8.81. The van der Waals surface area contributed by atoms with E-state index in [2.05, 4.69) is 37.1 Å². The molecule has 0 spiro atoms. The Bertz CT molecular complexity index is 1320. The maximum atomic E-state index is 9.93. The number of aromatic nitrogens is 2. The molecule has 2 fully saturated rings. The molecule has 180 valence electrons. The molecule has 3 aromatic rings. The van der Waals surface area contributed by atoms with E-state index in [9.17, 15) is 5.11 Å². The lowest BCUT2D eigenvalue weighted by Gasteiger charge is -2.49. The number of hydrogen-bond acceptors (Lipinski definition) is 4. The van der Waals surface area contributed by atoms with Crippen molar-refractivity contribution in [3.8, 4) is 11.4 Å². The smallest absolute Gasteiger partial charge is 0.115 e. The molecule has 0 amide bonds. The first-order valence-corrected chi connectivity index (χ1v) is 13.0. The summed E-state index contributed by atoms with van der Waals surface area (Å²) in [6, 6.07) is 16.3. The predicted octanol–water partition coefficient (Wildman–Crippen LogP) is 6.53. The molecule has 5 heteroatoms. The molecule has 6 rings (SSSR count). The Morgan fingerprint density at radius 2 is 1.89 bits per heavy atom. The topological polar surface area (TPSA) is 62.8 Å². The largest absolute Gasteiger partial charge is 0.508 e. The van der Waals surface area contributed by atoms with Crippen LogP contribution in [0.4, 0.5) is 0 Å². The van der Waals surface area contributed by atoms with Crippen LogP contribution in [0.25, 0.3) is 5.69 Å². The Morgan fingerprint density at radius 3 is 2.71 bits per heavy atom. The number of para-hydroxylation sites is 1. The van der Waals surface area contributed by atoms with Gasteiger partial charge in [0.25, 0.3) is 0 Å². The van der Waals surface area contributed by atoms with Crippen molar-refractivity contribution in [3.63, 3.8) is 0 Å². The lowest BCUT2D eigenvalue weighted by molar-refractivity contribution is 0.0955. The van der Waals surface area contributed by atoms with Crippen molar-refractivity contribution in [1.82, 2.24) is 9.78 Å². The van der Waals surface area contributed by atoms with Crippen LogP contribution in [0.15, 0.2) is 58.7 Å². The van der Waals surface area contributed by atoms with Gasteiger partial charge in [-0.2, -0.15) is 15.3 Å². The molecule has 35 heavy (non-hydrogen) atoms. The Kier molecular flexibility index (Phi) is 5.39. The molecule has 0 saturated heterocycles. The minimum atomic E-state index is 0.144. The third-order valence-electron chi connectivity index (χ3n) is 9.16. The highest BCUT2D eigenvalue weighted by Crippen LogP contribution is 2.60. The van der Waals surface area contributed by atoms with Crippen molar-refractivity contribution in [2.45, 2.75) is 65.2 Å². The van der Waals surface area contributed by atoms with Crippen molar-refractivity contribution in [2.24, 2.45) is 27.5 Å². The van der Waals surface area contributed by atoms with Crippen LogP contribution >= 0.6 is 0 Å². The SMILES string of the molecule is Cc1nn(-c2ccccc2)c(C)c1/C=N/N=C1\CC[C@H]2[C@@H]3CCc4cc(O)ccc4[C@H]3CC[C@]12C. The molecule has 0 bridgehead atoms. The maximum absolute atomic E-state index is 9.93. The summed E-state index contributed by atoms with van der Waals surface area (Å²) < 4.78 is 1.98. The second-order valence-corrected chi connectivity index (χ2v) is 10.9. The Hall–Kier alpha value is -3.21. The molecule has 0 radical (unpaired) electrons. The lowest BCUT2D eigenvalue weighted by atomic mass is 9.55. The second-order valence-electron chi connectivity index (χ2n) is 10.9. The number of aromatic hydroxyl groups is 1. The average Bonchev–Trinajstić information content (AvgIpc) is 3.35. The monoisotopic (exact) mass is 466 g/mol. The number of phenolic OH excluding ortho intramolecular Hbond substituents is 1. The van der Waals surface area contributed by atoms with E-state index in [1.54, 1.807) is 0 Å². The van der Waals surface area contributed by atoms with Crippen molar-refractivity contribution in [2.75, 3.05) is 0 Å². The molecule has 3 aliphatic carbocycles.